The van der Waals surface area contributed by atoms with Crippen molar-refractivity contribution >= 4 is 17.8 Å². The Hall–Kier alpha value is -3.02. The van der Waals surface area contributed by atoms with Gasteiger partial charge in [-0.1, -0.05) is 43.3 Å². The molecule has 0 saturated carbocycles. The first-order valence-corrected chi connectivity index (χ1v) is 6.71. The van der Waals surface area contributed by atoms with Crippen LogP contribution in [0.5, 0.6) is 0 Å². The van der Waals surface area contributed by atoms with E-state index >= 15 is 0 Å². The standard InChI is InChI=1S/C16H15N3O3/c1-12(13-6-3-2-4-7-13)11-17-18-16(20)14-8-5-9-15(10-14)19(21)22/h2-12H,1H3,(H,18,20). The van der Waals surface area contributed by atoms with Crippen LogP contribution in [0.15, 0.2) is 59.7 Å². The Labute approximate surface area is 127 Å². The molecule has 1 unspecified atom stereocenters. The van der Waals surface area contributed by atoms with Gasteiger partial charge in [-0.15, -0.1) is 0 Å². The Bertz CT molecular complexity index is 699. The molecule has 2 aromatic carbocycles. The van der Waals surface area contributed by atoms with Gasteiger partial charge in [-0.05, 0) is 11.6 Å². The van der Waals surface area contributed by atoms with Crippen LogP contribution in [-0.4, -0.2) is 17.0 Å². The molecule has 0 aliphatic heterocycles. The van der Waals surface area contributed by atoms with Gasteiger partial charge in [0.1, 0.15) is 0 Å². The first-order valence-electron chi connectivity index (χ1n) is 6.71. The summed E-state index contributed by atoms with van der Waals surface area (Å²) in [4.78, 5) is 22.0. The minimum Gasteiger partial charge on any atom is -0.267 e. The summed E-state index contributed by atoms with van der Waals surface area (Å²) in [5, 5.41) is 14.6. The highest BCUT2D eigenvalue weighted by atomic mass is 16.6. The Kier molecular flexibility index (Phi) is 4.98. The van der Waals surface area contributed by atoms with Crippen LogP contribution >= 0.6 is 0 Å². The van der Waals surface area contributed by atoms with Crippen molar-refractivity contribution in [1.29, 1.82) is 0 Å². The van der Waals surface area contributed by atoms with Crippen LogP contribution in [0.3, 0.4) is 0 Å². The number of nitrogens with one attached hydrogen (secondary N) is 1. The van der Waals surface area contributed by atoms with E-state index in [4.69, 9.17) is 0 Å². The monoisotopic (exact) mass is 297 g/mol. The molecular formula is C16H15N3O3. The molecule has 0 saturated heterocycles. The van der Waals surface area contributed by atoms with Crippen LogP contribution < -0.4 is 5.43 Å². The third kappa shape index (κ3) is 3.99. The molecule has 1 atom stereocenters. The Morgan fingerprint density at radius 1 is 1.23 bits per heavy atom. The number of rotatable bonds is 5. The number of carbonyl (C=O) groups is 1. The van der Waals surface area contributed by atoms with E-state index in [1.165, 1.54) is 24.3 Å². The molecule has 0 fully saturated rings. The number of nitrogens with zero attached hydrogens (tertiary/aromatic N) is 2. The first-order chi connectivity index (χ1) is 10.6. The highest BCUT2D eigenvalue weighted by molar-refractivity contribution is 5.95. The first kappa shape index (κ1) is 15.4. The lowest BCUT2D eigenvalue weighted by Crippen LogP contribution is -2.18. The molecule has 1 N–H and O–H groups in total. The number of nitro benzene ring substituents is 1. The lowest BCUT2D eigenvalue weighted by atomic mass is 10.0. The number of carbonyl (C=O) groups excluding carboxylic acids is 1. The van der Waals surface area contributed by atoms with Gasteiger partial charge in [0, 0.05) is 29.8 Å². The van der Waals surface area contributed by atoms with Gasteiger partial charge >= 0.3 is 0 Å². The fourth-order valence-electron chi connectivity index (χ4n) is 1.88. The predicted molar refractivity (Wildman–Crippen MR) is 83.9 cm³/mol. The number of hydrogen-bond donors (Lipinski definition) is 1. The van der Waals surface area contributed by atoms with E-state index in [1.807, 2.05) is 37.3 Å². The molecule has 6 nitrogen and oxygen atoms in total. The number of non-ortho nitro benzene ring substituents is 1. The van der Waals surface area contributed by atoms with E-state index < -0.39 is 10.8 Å². The van der Waals surface area contributed by atoms with Crippen LogP contribution in [0.4, 0.5) is 5.69 Å². The van der Waals surface area contributed by atoms with Crippen molar-refractivity contribution in [2.24, 2.45) is 5.10 Å². The minimum absolute atomic E-state index is 0.0478. The van der Waals surface area contributed by atoms with Crippen molar-refractivity contribution in [3.05, 3.63) is 75.8 Å². The van der Waals surface area contributed by atoms with Crippen molar-refractivity contribution in [2.75, 3.05) is 0 Å². The molecule has 0 spiro atoms. The van der Waals surface area contributed by atoms with Gasteiger partial charge in [-0.2, -0.15) is 5.10 Å². The van der Waals surface area contributed by atoms with Crippen molar-refractivity contribution in [3.8, 4) is 0 Å². The number of benzene rings is 2. The second-order valence-electron chi connectivity index (χ2n) is 4.73. The van der Waals surface area contributed by atoms with E-state index in [0.717, 1.165) is 5.56 Å². The smallest absolute Gasteiger partial charge is 0.267 e. The highest BCUT2D eigenvalue weighted by Crippen LogP contribution is 2.13. The molecule has 2 aromatic rings. The SMILES string of the molecule is CC(C=NNC(=O)c1cccc([N+](=O)[O-])c1)c1ccccc1. The molecule has 1 amide bonds. The van der Waals surface area contributed by atoms with Crippen LogP contribution in [0.25, 0.3) is 0 Å². The molecule has 0 aliphatic carbocycles. The summed E-state index contributed by atoms with van der Waals surface area (Å²) in [5.74, 6) is -0.438. The summed E-state index contributed by atoms with van der Waals surface area (Å²) < 4.78 is 0. The Morgan fingerprint density at radius 3 is 2.64 bits per heavy atom. The van der Waals surface area contributed by atoms with E-state index in [1.54, 1.807) is 6.21 Å². The lowest BCUT2D eigenvalue weighted by Gasteiger charge is -2.05. The average Bonchev–Trinajstić information content (AvgIpc) is 2.55. The maximum Gasteiger partial charge on any atom is 0.271 e. The topological polar surface area (TPSA) is 84.6 Å². The molecule has 6 heteroatoms. The van der Waals surface area contributed by atoms with Gasteiger partial charge in [0.15, 0.2) is 0 Å². The van der Waals surface area contributed by atoms with Gasteiger partial charge in [0.05, 0.1) is 4.92 Å². The van der Waals surface area contributed by atoms with Crippen LogP contribution in [0.2, 0.25) is 0 Å². The largest absolute Gasteiger partial charge is 0.271 e. The van der Waals surface area contributed by atoms with Gasteiger partial charge in [-0.25, -0.2) is 5.43 Å². The van der Waals surface area contributed by atoms with Crippen molar-refractivity contribution in [2.45, 2.75) is 12.8 Å². The molecule has 0 aromatic heterocycles. The second kappa shape index (κ2) is 7.12. The van der Waals surface area contributed by atoms with Crippen LogP contribution in [0.1, 0.15) is 28.8 Å². The number of nitro groups is 1. The maximum atomic E-state index is 11.9. The summed E-state index contributed by atoms with van der Waals surface area (Å²) in [6.45, 7) is 1.96. The fourth-order valence-corrected chi connectivity index (χ4v) is 1.88. The summed E-state index contributed by atoms with van der Waals surface area (Å²) in [6, 6.07) is 15.2. The van der Waals surface area contributed by atoms with Crippen molar-refractivity contribution in [3.63, 3.8) is 0 Å². The zero-order valence-corrected chi connectivity index (χ0v) is 12.0. The Morgan fingerprint density at radius 2 is 1.95 bits per heavy atom. The summed E-state index contributed by atoms with van der Waals surface area (Å²) >= 11 is 0. The van der Waals surface area contributed by atoms with Crippen LogP contribution in [0, 0.1) is 10.1 Å². The molecular weight excluding hydrogens is 282 g/mol. The molecule has 0 radical (unpaired) electrons. The van der Waals surface area contributed by atoms with E-state index in [0.29, 0.717) is 0 Å². The third-order valence-electron chi connectivity index (χ3n) is 3.11. The van der Waals surface area contributed by atoms with E-state index in [2.05, 4.69) is 10.5 Å². The molecule has 0 heterocycles. The summed E-state index contributed by atoms with van der Waals surface area (Å²) in [7, 11) is 0. The van der Waals surface area contributed by atoms with Crippen molar-refractivity contribution < 1.29 is 9.72 Å². The minimum atomic E-state index is -0.544. The van der Waals surface area contributed by atoms with Crippen LogP contribution in [-0.2, 0) is 0 Å². The Balaban J connectivity index is 1.99. The van der Waals surface area contributed by atoms with Gasteiger partial charge in [0.2, 0.25) is 0 Å². The molecule has 112 valence electrons. The van der Waals surface area contributed by atoms with E-state index in [-0.39, 0.29) is 17.2 Å². The van der Waals surface area contributed by atoms with Gasteiger partial charge in [0.25, 0.3) is 11.6 Å². The number of amides is 1. The molecule has 0 bridgehead atoms. The van der Waals surface area contributed by atoms with Crippen molar-refractivity contribution in [1.82, 2.24) is 5.43 Å². The van der Waals surface area contributed by atoms with Gasteiger partial charge < -0.3 is 0 Å². The second-order valence-corrected chi connectivity index (χ2v) is 4.73. The summed E-state index contributed by atoms with van der Waals surface area (Å²) in [5.41, 5.74) is 3.52. The fraction of sp³-hybridized carbons (Fsp3) is 0.125. The normalized spacial score (nSPS) is 12.0. The summed E-state index contributed by atoms with van der Waals surface area (Å²) in [6.07, 6.45) is 1.62. The highest BCUT2D eigenvalue weighted by Gasteiger charge is 2.10. The van der Waals surface area contributed by atoms with Gasteiger partial charge in [-0.3, -0.25) is 14.9 Å². The zero-order chi connectivity index (χ0) is 15.9. The quantitative estimate of drug-likeness (QED) is 0.522. The lowest BCUT2D eigenvalue weighted by molar-refractivity contribution is -0.384. The maximum absolute atomic E-state index is 11.9. The zero-order valence-electron chi connectivity index (χ0n) is 12.0. The molecule has 22 heavy (non-hydrogen) atoms. The average molecular weight is 297 g/mol. The van der Waals surface area contributed by atoms with E-state index in [9.17, 15) is 14.9 Å². The predicted octanol–water partition coefficient (Wildman–Crippen LogP) is 3.11. The molecule has 2 rings (SSSR count). The third-order valence-corrected chi connectivity index (χ3v) is 3.11. The number of hydrazone groups is 1. The molecule has 0 aliphatic rings. The number of hydrogen-bond acceptors (Lipinski definition) is 4.